The minimum absolute atomic E-state index is 0.0170. The highest BCUT2D eigenvalue weighted by atomic mass is 32.2. The van der Waals surface area contributed by atoms with Crippen molar-refractivity contribution >= 4 is 32.9 Å². The highest BCUT2D eigenvalue weighted by molar-refractivity contribution is 7.92. The van der Waals surface area contributed by atoms with E-state index < -0.39 is 36.9 Å². The Labute approximate surface area is 181 Å². The molecule has 0 bridgehead atoms. The molecule has 0 atom stereocenters. The maximum absolute atomic E-state index is 12.8. The summed E-state index contributed by atoms with van der Waals surface area (Å²) in [5.74, 6) is 0. The number of anilines is 2. The van der Waals surface area contributed by atoms with Crippen LogP contribution in [-0.2, 0) is 9.84 Å². The number of carbonyl (C=O) groups is 1. The standard InChI is InChI=1S/C19H19F3N4O5S/c20-19(21,22)32(30,31)15-6-7-16(17(12-15)26(28)29)25-10-8-14(9-11-25)24-18(27)23-13-4-2-1-3-5-13/h1-7,12,14H,8-11H2,(H2,23,24,27). The molecular weight excluding hydrogens is 453 g/mol. The zero-order chi connectivity index (χ0) is 23.5. The third kappa shape index (κ3) is 5.10. The molecule has 3 rings (SSSR count). The first-order valence-electron chi connectivity index (χ1n) is 9.46. The van der Waals surface area contributed by atoms with Gasteiger partial charge in [-0.2, -0.15) is 13.2 Å². The van der Waals surface area contributed by atoms with Crippen LogP contribution in [0.25, 0.3) is 0 Å². The van der Waals surface area contributed by atoms with E-state index in [-0.39, 0.29) is 24.8 Å². The molecule has 0 spiro atoms. The summed E-state index contributed by atoms with van der Waals surface area (Å²) in [5, 5.41) is 16.9. The molecule has 0 saturated carbocycles. The molecule has 0 aromatic heterocycles. The topological polar surface area (TPSA) is 122 Å². The number of hydrogen-bond donors (Lipinski definition) is 2. The van der Waals surface area contributed by atoms with Crippen molar-refractivity contribution in [1.29, 1.82) is 0 Å². The Morgan fingerprint density at radius 2 is 1.72 bits per heavy atom. The molecular formula is C19H19F3N4O5S. The van der Waals surface area contributed by atoms with E-state index in [2.05, 4.69) is 10.6 Å². The number of nitro groups is 1. The van der Waals surface area contributed by atoms with E-state index in [1.54, 1.807) is 29.2 Å². The van der Waals surface area contributed by atoms with Gasteiger partial charge in [-0.25, -0.2) is 13.2 Å². The number of hydrogen-bond acceptors (Lipinski definition) is 6. The van der Waals surface area contributed by atoms with Gasteiger partial charge in [0.1, 0.15) is 5.69 Å². The van der Waals surface area contributed by atoms with Gasteiger partial charge in [0.2, 0.25) is 0 Å². The minimum atomic E-state index is -5.71. The molecule has 32 heavy (non-hydrogen) atoms. The zero-order valence-corrected chi connectivity index (χ0v) is 17.3. The lowest BCUT2D eigenvalue weighted by Crippen LogP contribution is -2.46. The number of nitro benzene ring substituents is 1. The molecule has 2 aromatic rings. The van der Waals surface area contributed by atoms with Gasteiger partial charge in [-0.3, -0.25) is 10.1 Å². The summed E-state index contributed by atoms with van der Waals surface area (Å²) in [5.41, 5.74) is -5.66. The Morgan fingerprint density at radius 3 is 2.28 bits per heavy atom. The number of alkyl halides is 3. The number of para-hydroxylation sites is 1. The highest BCUT2D eigenvalue weighted by Gasteiger charge is 2.47. The van der Waals surface area contributed by atoms with Crippen molar-refractivity contribution in [2.75, 3.05) is 23.3 Å². The summed E-state index contributed by atoms with van der Waals surface area (Å²) < 4.78 is 61.5. The molecule has 1 aliphatic rings. The Bertz CT molecular complexity index is 1100. The summed E-state index contributed by atoms with van der Waals surface area (Å²) in [6.07, 6.45) is 0.865. The van der Waals surface area contributed by atoms with Crippen LogP contribution in [0, 0.1) is 10.1 Å². The molecule has 1 saturated heterocycles. The number of carbonyl (C=O) groups excluding carboxylic acids is 1. The van der Waals surface area contributed by atoms with Crippen LogP contribution in [0.15, 0.2) is 53.4 Å². The van der Waals surface area contributed by atoms with Crippen LogP contribution in [0.4, 0.5) is 35.0 Å². The molecule has 0 unspecified atom stereocenters. The van der Waals surface area contributed by atoms with Crippen LogP contribution in [0.2, 0.25) is 0 Å². The molecule has 0 radical (unpaired) electrons. The maximum atomic E-state index is 12.8. The van der Waals surface area contributed by atoms with Crippen LogP contribution in [0.3, 0.4) is 0 Å². The number of piperidine rings is 1. The van der Waals surface area contributed by atoms with E-state index >= 15 is 0 Å². The lowest BCUT2D eigenvalue weighted by molar-refractivity contribution is -0.384. The first-order valence-corrected chi connectivity index (χ1v) is 10.9. The van der Waals surface area contributed by atoms with Gasteiger partial charge in [0.25, 0.3) is 15.5 Å². The second-order valence-electron chi connectivity index (χ2n) is 7.08. The predicted molar refractivity (Wildman–Crippen MR) is 110 cm³/mol. The van der Waals surface area contributed by atoms with Crippen LogP contribution < -0.4 is 15.5 Å². The molecule has 0 aliphatic carbocycles. The number of nitrogens with one attached hydrogen (secondary N) is 2. The minimum Gasteiger partial charge on any atom is -0.366 e. The van der Waals surface area contributed by atoms with Gasteiger partial charge < -0.3 is 15.5 Å². The quantitative estimate of drug-likeness (QED) is 0.506. The van der Waals surface area contributed by atoms with E-state index in [4.69, 9.17) is 0 Å². The van der Waals surface area contributed by atoms with E-state index in [1.807, 2.05) is 6.07 Å². The Hall–Kier alpha value is -3.35. The van der Waals surface area contributed by atoms with Crippen molar-refractivity contribution in [3.05, 3.63) is 58.6 Å². The molecule has 1 heterocycles. The lowest BCUT2D eigenvalue weighted by Gasteiger charge is -2.33. The van der Waals surface area contributed by atoms with Gasteiger partial charge >= 0.3 is 11.5 Å². The normalized spacial score (nSPS) is 15.3. The largest absolute Gasteiger partial charge is 0.501 e. The summed E-state index contributed by atoms with van der Waals surface area (Å²) in [7, 11) is -5.71. The Morgan fingerprint density at radius 1 is 1.09 bits per heavy atom. The average molecular weight is 472 g/mol. The highest BCUT2D eigenvalue weighted by Crippen LogP contribution is 2.36. The monoisotopic (exact) mass is 472 g/mol. The summed E-state index contributed by atoms with van der Waals surface area (Å²) in [4.78, 5) is 23.0. The van der Waals surface area contributed by atoms with Gasteiger partial charge in [-0.05, 0) is 37.1 Å². The molecule has 172 valence electrons. The van der Waals surface area contributed by atoms with Crippen molar-refractivity contribution in [2.45, 2.75) is 29.3 Å². The van der Waals surface area contributed by atoms with Crippen molar-refractivity contribution in [2.24, 2.45) is 0 Å². The SMILES string of the molecule is O=C(Nc1ccccc1)NC1CCN(c2ccc(S(=O)(=O)C(F)(F)F)cc2[N+](=O)[O-])CC1. The summed E-state index contributed by atoms with van der Waals surface area (Å²) >= 11 is 0. The van der Waals surface area contributed by atoms with Crippen LogP contribution in [0.5, 0.6) is 0 Å². The molecule has 1 aliphatic heterocycles. The summed E-state index contributed by atoms with van der Waals surface area (Å²) in [6.45, 7) is 0.560. The fourth-order valence-electron chi connectivity index (χ4n) is 3.36. The first-order chi connectivity index (χ1) is 15.0. The van der Waals surface area contributed by atoms with Crippen LogP contribution in [0.1, 0.15) is 12.8 Å². The lowest BCUT2D eigenvalue weighted by atomic mass is 10.0. The predicted octanol–water partition coefficient (Wildman–Crippen LogP) is 3.68. The van der Waals surface area contributed by atoms with Crippen LogP contribution >= 0.6 is 0 Å². The summed E-state index contributed by atoms with van der Waals surface area (Å²) in [6, 6.07) is 10.3. The average Bonchev–Trinajstić information content (AvgIpc) is 2.73. The number of rotatable bonds is 5. The fraction of sp³-hybridized carbons (Fsp3) is 0.316. The van der Waals surface area contributed by atoms with Gasteiger partial charge in [0.05, 0.1) is 9.82 Å². The number of nitrogens with zero attached hydrogens (tertiary/aromatic N) is 2. The molecule has 9 nitrogen and oxygen atoms in total. The molecule has 2 N–H and O–H groups in total. The van der Waals surface area contributed by atoms with Crippen LogP contribution in [-0.4, -0.2) is 44.0 Å². The smallest absolute Gasteiger partial charge is 0.366 e. The van der Waals surface area contributed by atoms with Crippen molar-refractivity contribution in [1.82, 2.24) is 5.32 Å². The molecule has 2 amide bonds. The second-order valence-corrected chi connectivity index (χ2v) is 9.02. The van der Waals surface area contributed by atoms with E-state index in [9.17, 15) is 36.5 Å². The van der Waals surface area contributed by atoms with Crippen molar-refractivity contribution < 1.29 is 31.3 Å². The molecule has 13 heteroatoms. The third-order valence-electron chi connectivity index (χ3n) is 4.96. The fourth-order valence-corrected chi connectivity index (χ4v) is 4.14. The van der Waals surface area contributed by atoms with E-state index in [1.165, 1.54) is 0 Å². The zero-order valence-electron chi connectivity index (χ0n) is 16.5. The number of amides is 2. The molecule has 1 fully saturated rings. The van der Waals surface area contributed by atoms with Crippen molar-refractivity contribution in [3.8, 4) is 0 Å². The van der Waals surface area contributed by atoms with E-state index in [0.29, 0.717) is 30.7 Å². The van der Waals surface area contributed by atoms with Crippen molar-refractivity contribution in [3.63, 3.8) is 0 Å². The Balaban J connectivity index is 1.68. The van der Waals surface area contributed by atoms with Gasteiger partial charge in [0, 0.05) is 30.9 Å². The number of halogens is 3. The Kier molecular flexibility index (Phi) is 6.57. The number of urea groups is 1. The second kappa shape index (κ2) is 9.02. The maximum Gasteiger partial charge on any atom is 0.501 e. The number of sulfone groups is 1. The first kappa shape index (κ1) is 23.3. The van der Waals surface area contributed by atoms with Gasteiger partial charge in [-0.1, -0.05) is 18.2 Å². The third-order valence-corrected chi connectivity index (χ3v) is 6.45. The van der Waals surface area contributed by atoms with E-state index in [0.717, 1.165) is 6.07 Å². The van der Waals surface area contributed by atoms with Gasteiger partial charge in [-0.15, -0.1) is 0 Å². The van der Waals surface area contributed by atoms with Gasteiger partial charge in [0.15, 0.2) is 0 Å². The number of benzene rings is 2. The molecule has 2 aromatic carbocycles.